The molecule has 1 heterocycles. The molecular formula is C22H33N3O4S. The summed E-state index contributed by atoms with van der Waals surface area (Å²) >= 11 is 0. The van der Waals surface area contributed by atoms with E-state index in [1.165, 1.54) is 15.6 Å². The zero-order valence-corrected chi connectivity index (χ0v) is 19.0. The molecule has 2 fully saturated rings. The third-order valence-corrected chi connectivity index (χ3v) is 8.15. The molecule has 166 valence electrons. The number of carbonyl (C=O) groups is 2. The average molecular weight is 436 g/mol. The van der Waals surface area contributed by atoms with Gasteiger partial charge < -0.3 is 5.32 Å². The summed E-state index contributed by atoms with van der Waals surface area (Å²) in [5, 5.41) is 3.12. The van der Waals surface area contributed by atoms with Gasteiger partial charge in [-0.25, -0.2) is 8.42 Å². The lowest BCUT2D eigenvalue weighted by Crippen LogP contribution is -2.71. The highest BCUT2D eigenvalue weighted by Crippen LogP contribution is 2.33. The Kier molecular flexibility index (Phi) is 6.87. The Morgan fingerprint density at radius 1 is 1.20 bits per heavy atom. The van der Waals surface area contributed by atoms with Crippen LogP contribution < -0.4 is 10.2 Å². The fourth-order valence-electron chi connectivity index (χ4n) is 4.53. The lowest BCUT2D eigenvalue weighted by Gasteiger charge is -2.47. The largest absolute Gasteiger partial charge is 0.351 e. The molecule has 0 spiro atoms. The molecule has 1 aliphatic heterocycles. The number of hydrogen-bond donors (Lipinski definition) is 1. The van der Waals surface area contributed by atoms with Crippen molar-refractivity contribution in [1.29, 1.82) is 0 Å². The Morgan fingerprint density at radius 3 is 2.50 bits per heavy atom. The van der Waals surface area contributed by atoms with Crippen molar-refractivity contribution < 1.29 is 18.0 Å². The minimum absolute atomic E-state index is 0.0367. The zero-order valence-electron chi connectivity index (χ0n) is 18.2. The van der Waals surface area contributed by atoms with E-state index in [4.69, 9.17) is 0 Å². The highest BCUT2D eigenvalue weighted by Gasteiger charge is 2.51. The number of piperazine rings is 1. The van der Waals surface area contributed by atoms with Gasteiger partial charge in [0, 0.05) is 18.3 Å². The molecule has 0 radical (unpaired) electrons. The molecule has 3 rings (SSSR count). The first-order chi connectivity index (χ1) is 14.2. The molecule has 1 N–H and O–H groups in total. The Hall–Kier alpha value is -1.93. The lowest BCUT2D eigenvalue weighted by molar-refractivity contribution is -0.133. The van der Waals surface area contributed by atoms with Crippen LogP contribution in [0.25, 0.3) is 0 Å². The van der Waals surface area contributed by atoms with Crippen molar-refractivity contribution in [2.75, 3.05) is 23.7 Å². The van der Waals surface area contributed by atoms with Gasteiger partial charge in [0.05, 0.1) is 12.3 Å². The normalized spacial score (nSPS) is 24.1. The summed E-state index contributed by atoms with van der Waals surface area (Å²) in [7, 11) is -3.61. The van der Waals surface area contributed by atoms with Crippen LogP contribution in [-0.4, -0.2) is 55.0 Å². The SMILES string of the molecule is CCCS(=O)(=O)N1CC(=O)N(c2ccccc2C)[C@@](C)(C(=O)NC2CCCCC2)C1. The quantitative estimate of drug-likeness (QED) is 0.744. The predicted molar refractivity (Wildman–Crippen MR) is 118 cm³/mol. The van der Waals surface area contributed by atoms with Crippen molar-refractivity contribution in [3.8, 4) is 0 Å². The minimum Gasteiger partial charge on any atom is -0.351 e. The average Bonchev–Trinajstić information content (AvgIpc) is 2.69. The first-order valence-corrected chi connectivity index (χ1v) is 12.5. The van der Waals surface area contributed by atoms with Gasteiger partial charge in [-0.3, -0.25) is 14.5 Å². The second-order valence-electron chi connectivity index (χ2n) is 8.68. The van der Waals surface area contributed by atoms with E-state index in [1.54, 1.807) is 13.8 Å². The van der Waals surface area contributed by atoms with Gasteiger partial charge in [-0.15, -0.1) is 0 Å². The number of carbonyl (C=O) groups excluding carboxylic acids is 2. The van der Waals surface area contributed by atoms with Crippen LogP contribution in [-0.2, 0) is 19.6 Å². The van der Waals surface area contributed by atoms with Gasteiger partial charge in [0.1, 0.15) is 5.54 Å². The van der Waals surface area contributed by atoms with E-state index in [0.717, 1.165) is 31.2 Å². The number of nitrogens with one attached hydrogen (secondary N) is 1. The molecule has 1 aliphatic carbocycles. The molecule has 0 bridgehead atoms. The van der Waals surface area contributed by atoms with E-state index in [1.807, 2.05) is 31.2 Å². The first-order valence-electron chi connectivity index (χ1n) is 10.9. The maximum atomic E-state index is 13.5. The number of sulfonamides is 1. The van der Waals surface area contributed by atoms with Crippen molar-refractivity contribution in [2.45, 2.75) is 70.9 Å². The highest BCUT2D eigenvalue weighted by molar-refractivity contribution is 7.89. The molecule has 30 heavy (non-hydrogen) atoms. The van der Waals surface area contributed by atoms with Crippen LogP contribution in [0.15, 0.2) is 24.3 Å². The molecule has 1 aromatic carbocycles. The number of amides is 2. The number of rotatable bonds is 6. The van der Waals surface area contributed by atoms with E-state index in [0.29, 0.717) is 12.1 Å². The summed E-state index contributed by atoms with van der Waals surface area (Å²) in [6.07, 6.45) is 5.59. The Morgan fingerprint density at radius 2 is 1.87 bits per heavy atom. The number of benzene rings is 1. The number of para-hydroxylation sites is 1. The van der Waals surface area contributed by atoms with E-state index >= 15 is 0 Å². The van der Waals surface area contributed by atoms with E-state index in [9.17, 15) is 18.0 Å². The van der Waals surface area contributed by atoms with E-state index in [2.05, 4.69) is 5.32 Å². The van der Waals surface area contributed by atoms with Gasteiger partial charge in [-0.2, -0.15) is 4.31 Å². The van der Waals surface area contributed by atoms with Gasteiger partial charge in [0.25, 0.3) is 0 Å². The molecule has 8 heteroatoms. The molecule has 1 saturated heterocycles. The van der Waals surface area contributed by atoms with Gasteiger partial charge in [0.15, 0.2) is 0 Å². The van der Waals surface area contributed by atoms with Crippen LogP contribution in [0.5, 0.6) is 0 Å². The standard InChI is InChI=1S/C22H33N3O4S/c1-4-14-30(28,29)24-15-20(26)25(19-13-9-8-10-17(19)2)22(3,16-24)21(27)23-18-11-6-5-7-12-18/h8-10,13,18H,4-7,11-12,14-16H2,1-3H3,(H,23,27)/t22-/m1/s1. The first kappa shape index (κ1) is 22.7. The van der Waals surface area contributed by atoms with E-state index in [-0.39, 0.29) is 36.7 Å². The smallest absolute Gasteiger partial charge is 0.247 e. The van der Waals surface area contributed by atoms with Crippen molar-refractivity contribution >= 4 is 27.5 Å². The summed E-state index contributed by atoms with van der Waals surface area (Å²) in [4.78, 5) is 28.3. The van der Waals surface area contributed by atoms with Gasteiger partial charge in [0.2, 0.25) is 21.8 Å². The van der Waals surface area contributed by atoms with Crippen LogP contribution in [0.4, 0.5) is 5.69 Å². The third kappa shape index (κ3) is 4.54. The van der Waals surface area contributed by atoms with Crippen molar-refractivity contribution in [2.24, 2.45) is 0 Å². The molecule has 2 aliphatic rings. The van der Waals surface area contributed by atoms with Crippen LogP contribution in [0.2, 0.25) is 0 Å². The lowest BCUT2D eigenvalue weighted by atomic mass is 9.91. The molecule has 7 nitrogen and oxygen atoms in total. The number of anilines is 1. The maximum absolute atomic E-state index is 13.5. The van der Waals surface area contributed by atoms with Crippen molar-refractivity contribution in [3.05, 3.63) is 29.8 Å². The summed E-state index contributed by atoms with van der Waals surface area (Å²) in [6, 6.07) is 7.48. The second-order valence-corrected chi connectivity index (χ2v) is 10.8. The second kappa shape index (κ2) is 9.06. The highest BCUT2D eigenvalue weighted by atomic mass is 32.2. The fourth-order valence-corrected chi connectivity index (χ4v) is 6.06. The van der Waals surface area contributed by atoms with Crippen LogP contribution in [0.1, 0.15) is 57.9 Å². The number of aryl methyl sites for hydroxylation is 1. The molecule has 1 saturated carbocycles. The monoisotopic (exact) mass is 435 g/mol. The van der Waals surface area contributed by atoms with E-state index < -0.39 is 15.6 Å². The zero-order chi connectivity index (χ0) is 21.9. The van der Waals surface area contributed by atoms with Gasteiger partial charge in [-0.05, 0) is 44.7 Å². The van der Waals surface area contributed by atoms with Gasteiger partial charge >= 0.3 is 0 Å². The van der Waals surface area contributed by atoms with Crippen LogP contribution >= 0.6 is 0 Å². The number of hydrogen-bond acceptors (Lipinski definition) is 4. The molecule has 0 unspecified atom stereocenters. The Balaban J connectivity index is 1.99. The molecule has 1 aromatic rings. The maximum Gasteiger partial charge on any atom is 0.247 e. The van der Waals surface area contributed by atoms with Gasteiger partial charge in [-0.1, -0.05) is 44.4 Å². The summed E-state index contributed by atoms with van der Waals surface area (Å²) < 4.78 is 26.7. The van der Waals surface area contributed by atoms with Crippen LogP contribution in [0, 0.1) is 6.92 Å². The molecule has 1 atom stereocenters. The topological polar surface area (TPSA) is 86.8 Å². The molecule has 2 amide bonds. The summed E-state index contributed by atoms with van der Waals surface area (Å²) in [5.74, 6) is -0.704. The summed E-state index contributed by atoms with van der Waals surface area (Å²) in [5.41, 5.74) is 0.198. The van der Waals surface area contributed by atoms with Crippen molar-refractivity contribution in [1.82, 2.24) is 9.62 Å². The minimum atomic E-state index is -3.61. The predicted octanol–water partition coefficient (Wildman–Crippen LogP) is 2.59. The number of nitrogens with zero attached hydrogens (tertiary/aromatic N) is 2. The molecule has 0 aromatic heterocycles. The van der Waals surface area contributed by atoms with Crippen LogP contribution in [0.3, 0.4) is 0 Å². The Labute approximate surface area is 179 Å². The Bertz CT molecular complexity index is 895. The third-order valence-electron chi connectivity index (χ3n) is 6.18. The fraction of sp³-hybridized carbons (Fsp3) is 0.636. The summed E-state index contributed by atoms with van der Waals surface area (Å²) in [6.45, 7) is 5.07. The van der Waals surface area contributed by atoms with Crippen molar-refractivity contribution in [3.63, 3.8) is 0 Å². The molecular weight excluding hydrogens is 402 g/mol.